The lowest BCUT2D eigenvalue weighted by Gasteiger charge is -2.03. The van der Waals surface area contributed by atoms with Crippen LogP contribution in [0.2, 0.25) is 0 Å². The smallest absolute Gasteiger partial charge is 0.168 e. The highest BCUT2D eigenvalue weighted by Crippen LogP contribution is 2.21. The van der Waals surface area contributed by atoms with Crippen LogP contribution in [0, 0.1) is 12.7 Å². The SMILES string of the molecule is Cc1cc(F)cc(-c2nnc3ccc(N)cn23)c1. The summed E-state index contributed by atoms with van der Waals surface area (Å²) in [5.41, 5.74) is 8.55. The molecule has 0 bridgehead atoms. The van der Waals surface area contributed by atoms with Gasteiger partial charge in [0.2, 0.25) is 0 Å². The van der Waals surface area contributed by atoms with E-state index in [9.17, 15) is 4.39 Å². The first-order chi connectivity index (χ1) is 8.63. The van der Waals surface area contributed by atoms with Crippen molar-refractivity contribution in [1.82, 2.24) is 14.6 Å². The molecule has 2 N–H and O–H groups in total. The molecule has 0 saturated carbocycles. The molecule has 5 heteroatoms. The second kappa shape index (κ2) is 3.80. The maximum atomic E-state index is 13.4. The molecule has 4 nitrogen and oxygen atoms in total. The Morgan fingerprint density at radius 2 is 2.00 bits per heavy atom. The van der Waals surface area contributed by atoms with E-state index < -0.39 is 0 Å². The lowest BCUT2D eigenvalue weighted by atomic mass is 10.1. The number of halogens is 1. The Hall–Kier alpha value is -2.43. The van der Waals surface area contributed by atoms with Gasteiger partial charge in [-0.2, -0.15) is 0 Å². The van der Waals surface area contributed by atoms with E-state index in [0.29, 0.717) is 22.7 Å². The molecule has 3 aromatic rings. The van der Waals surface area contributed by atoms with Crippen LogP contribution in [0.5, 0.6) is 0 Å². The van der Waals surface area contributed by atoms with Gasteiger partial charge in [0, 0.05) is 17.4 Å². The maximum Gasteiger partial charge on any atom is 0.168 e. The highest BCUT2D eigenvalue weighted by molar-refractivity contribution is 5.61. The van der Waals surface area contributed by atoms with Gasteiger partial charge in [-0.1, -0.05) is 0 Å². The summed E-state index contributed by atoms with van der Waals surface area (Å²) in [4.78, 5) is 0. The Labute approximate surface area is 103 Å². The average molecular weight is 242 g/mol. The molecule has 0 spiro atoms. The summed E-state index contributed by atoms with van der Waals surface area (Å²) in [5, 5.41) is 8.11. The molecule has 1 aromatic carbocycles. The fourth-order valence-electron chi connectivity index (χ4n) is 1.97. The van der Waals surface area contributed by atoms with Crippen molar-refractivity contribution >= 4 is 11.3 Å². The minimum absolute atomic E-state index is 0.286. The number of nitrogen functional groups attached to an aromatic ring is 1. The highest BCUT2D eigenvalue weighted by Gasteiger charge is 2.09. The minimum atomic E-state index is -0.286. The van der Waals surface area contributed by atoms with Gasteiger partial charge in [-0.05, 0) is 42.8 Å². The zero-order chi connectivity index (χ0) is 12.7. The van der Waals surface area contributed by atoms with Crippen LogP contribution in [0.1, 0.15) is 5.56 Å². The molecule has 0 aliphatic rings. The Balaban J connectivity index is 2.27. The van der Waals surface area contributed by atoms with Crippen molar-refractivity contribution in [2.75, 3.05) is 5.73 Å². The number of benzene rings is 1. The molecule has 0 aliphatic heterocycles. The van der Waals surface area contributed by atoms with Crippen molar-refractivity contribution in [3.05, 3.63) is 47.9 Å². The number of aromatic nitrogens is 3. The molecule has 0 aliphatic carbocycles. The first-order valence-corrected chi connectivity index (χ1v) is 5.51. The van der Waals surface area contributed by atoms with E-state index >= 15 is 0 Å². The zero-order valence-corrected chi connectivity index (χ0v) is 9.76. The minimum Gasteiger partial charge on any atom is -0.398 e. The molecule has 0 saturated heterocycles. The maximum absolute atomic E-state index is 13.4. The molecule has 0 radical (unpaired) electrons. The van der Waals surface area contributed by atoms with Crippen LogP contribution < -0.4 is 5.73 Å². The van der Waals surface area contributed by atoms with Crippen molar-refractivity contribution in [1.29, 1.82) is 0 Å². The van der Waals surface area contributed by atoms with Crippen LogP contribution in [-0.4, -0.2) is 14.6 Å². The second-order valence-electron chi connectivity index (χ2n) is 4.23. The molecule has 18 heavy (non-hydrogen) atoms. The number of nitrogens with two attached hydrogens (primary N) is 1. The van der Waals surface area contributed by atoms with Crippen LogP contribution >= 0.6 is 0 Å². The van der Waals surface area contributed by atoms with E-state index in [0.717, 1.165) is 5.56 Å². The van der Waals surface area contributed by atoms with E-state index in [1.807, 2.05) is 13.0 Å². The third-order valence-electron chi connectivity index (χ3n) is 2.73. The van der Waals surface area contributed by atoms with Crippen LogP contribution in [0.4, 0.5) is 10.1 Å². The topological polar surface area (TPSA) is 56.2 Å². The van der Waals surface area contributed by atoms with E-state index in [4.69, 9.17) is 5.73 Å². The first kappa shape index (κ1) is 10.7. The van der Waals surface area contributed by atoms with E-state index in [-0.39, 0.29) is 5.82 Å². The Kier molecular flexibility index (Phi) is 2.26. The van der Waals surface area contributed by atoms with E-state index in [1.54, 1.807) is 22.7 Å². The second-order valence-corrected chi connectivity index (χ2v) is 4.23. The Morgan fingerprint density at radius 1 is 1.17 bits per heavy atom. The van der Waals surface area contributed by atoms with Gasteiger partial charge < -0.3 is 5.73 Å². The zero-order valence-electron chi connectivity index (χ0n) is 9.76. The third kappa shape index (κ3) is 1.69. The van der Waals surface area contributed by atoms with Gasteiger partial charge in [-0.3, -0.25) is 4.40 Å². The van der Waals surface area contributed by atoms with Gasteiger partial charge in [0.1, 0.15) is 5.82 Å². The molecular formula is C13H11FN4. The molecule has 0 amide bonds. The molecule has 90 valence electrons. The largest absolute Gasteiger partial charge is 0.398 e. The summed E-state index contributed by atoms with van der Waals surface area (Å²) in [6.45, 7) is 1.84. The van der Waals surface area contributed by atoms with Crippen molar-refractivity contribution in [2.24, 2.45) is 0 Å². The summed E-state index contributed by atoms with van der Waals surface area (Å²) >= 11 is 0. The van der Waals surface area contributed by atoms with Crippen molar-refractivity contribution in [2.45, 2.75) is 6.92 Å². The number of nitrogens with zero attached hydrogens (tertiary/aromatic N) is 3. The summed E-state index contributed by atoms with van der Waals surface area (Å²) in [6, 6.07) is 8.30. The van der Waals surface area contributed by atoms with Gasteiger partial charge in [0.05, 0.1) is 0 Å². The molecule has 0 unspecified atom stereocenters. The van der Waals surface area contributed by atoms with Crippen molar-refractivity contribution in [3.63, 3.8) is 0 Å². The normalized spacial score (nSPS) is 11.0. The lowest BCUT2D eigenvalue weighted by Crippen LogP contribution is -1.93. The van der Waals surface area contributed by atoms with Gasteiger partial charge in [0.25, 0.3) is 0 Å². The standard InChI is InChI=1S/C13H11FN4/c1-8-4-9(6-10(14)5-8)13-17-16-12-3-2-11(15)7-18(12)13/h2-7H,15H2,1H3. The third-order valence-corrected chi connectivity index (χ3v) is 2.73. The first-order valence-electron chi connectivity index (χ1n) is 5.51. The molecular weight excluding hydrogens is 231 g/mol. The van der Waals surface area contributed by atoms with Gasteiger partial charge >= 0.3 is 0 Å². The average Bonchev–Trinajstić information content (AvgIpc) is 2.70. The number of fused-ring (bicyclic) bond motifs is 1. The predicted molar refractivity (Wildman–Crippen MR) is 67.5 cm³/mol. The highest BCUT2D eigenvalue weighted by atomic mass is 19.1. The van der Waals surface area contributed by atoms with Crippen LogP contribution in [-0.2, 0) is 0 Å². The van der Waals surface area contributed by atoms with Crippen LogP contribution in [0.25, 0.3) is 17.0 Å². The van der Waals surface area contributed by atoms with Crippen LogP contribution in [0.3, 0.4) is 0 Å². The Bertz CT molecular complexity index is 713. The fourth-order valence-corrected chi connectivity index (χ4v) is 1.97. The van der Waals surface area contributed by atoms with Gasteiger partial charge in [-0.15, -0.1) is 10.2 Å². The predicted octanol–water partition coefficient (Wildman–Crippen LogP) is 2.43. The quantitative estimate of drug-likeness (QED) is 0.713. The molecule has 0 fully saturated rings. The molecule has 2 heterocycles. The monoisotopic (exact) mass is 242 g/mol. The number of aryl methyl sites for hydroxylation is 1. The molecule has 2 aromatic heterocycles. The molecule has 3 rings (SSSR count). The summed E-state index contributed by atoms with van der Waals surface area (Å²) < 4.78 is 15.2. The van der Waals surface area contributed by atoms with Crippen molar-refractivity contribution < 1.29 is 4.39 Å². The van der Waals surface area contributed by atoms with Gasteiger partial charge in [0.15, 0.2) is 11.5 Å². The molecule has 0 atom stereocenters. The van der Waals surface area contributed by atoms with Crippen LogP contribution in [0.15, 0.2) is 36.5 Å². The van der Waals surface area contributed by atoms with E-state index in [2.05, 4.69) is 10.2 Å². The summed E-state index contributed by atoms with van der Waals surface area (Å²) in [7, 11) is 0. The Morgan fingerprint density at radius 3 is 2.78 bits per heavy atom. The lowest BCUT2D eigenvalue weighted by molar-refractivity contribution is 0.627. The van der Waals surface area contributed by atoms with Gasteiger partial charge in [-0.25, -0.2) is 4.39 Å². The number of rotatable bonds is 1. The number of pyridine rings is 1. The fraction of sp³-hybridized carbons (Fsp3) is 0.0769. The van der Waals surface area contributed by atoms with E-state index in [1.165, 1.54) is 12.1 Å². The number of hydrogen-bond donors (Lipinski definition) is 1. The number of anilines is 1. The number of hydrogen-bond acceptors (Lipinski definition) is 3. The summed E-state index contributed by atoms with van der Waals surface area (Å²) in [6.07, 6.45) is 1.73. The van der Waals surface area contributed by atoms with Crippen molar-refractivity contribution in [3.8, 4) is 11.4 Å². The summed E-state index contributed by atoms with van der Waals surface area (Å²) in [5.74, 6) is 0.297.